The molecule has 0 aromatic carbocycles. The first kappa shape index (κ1) is 16.1. The summed E-state index contributed by atoms with van der Waals surface area (Å²) in [6, 6.07) is 0. The lowest BCUT2D eigenvalue weighted by Gasteiger charge is -2.14. The van der Waals surface area contributed by atoms with Gasteiger partial charge in [-0.3, -0.25) is 14.2 Å². The van der Waals surface area contributed by atoms with Crippen LogP contribution in [0.5, 0.6) is 0 Å². The molecule has 0 atom stereocenters. The van der Waals surface area contributed by atoms with Gasteiger partial charge in [0.2, 0.25) is 0 Å². The fourth-order valence-corrected chi connectivity index (χ4v) is 4.22. The summed E-state index contributed by atoms with van der Waals surface area (Å²) in [5, 5.41) is 9.57. The predicted octanol–water partition coefficient (Wildman–Crippen LogP) is 1.56. The monoisotopic (exact) mass is 335 g/mol. The largest absolute Gasteiger partial charge is 0.395 e. The number of aliphatic hydroxyl groups is 1. The van der Waals surface area contributed by atoms with Gasteiger partial charge in [-0.25, -0.2) is 4.98 Å². The molecule has 0 spiro atoms. The quantitative estimate of drug-likeness (QED) is 0.923. The first-order chi connectivity index (χ1) is 11.0. The Morgan fingerprint density at radius 2 is 2.17 bits per heavy atom. The standard InChI is InChI=1S/C16H21N3O3S/c1-10-12-14(23-13(10)16(22)18(2)8-9-20)17-11-6-4-3-5-7-19(11)15(12)21/h20H,3-9H2,1-2H3. The number of amides is 1. The zero-order valence-corrected chi connectivity index (χ0v) is 14.3. The second-order valence-corrected chi connectivity index (χ2v) is 6.98. The Balaban J connectivity index is 2.14. The molecule has 1 aliphatic rings. The molecule has 1 amide bonds. The third-order valence-electron chi connectivity index (χ3n) is 4.39. The maximum Gasteiger partial charge on any atom is 0.264 e. The maximum atomic E-state index is 12.8. The number of nitrogens with zero attached hydrogens (tertiary/aromatic N) is 3. The number of rotatable bonds is 3. The van der Waals surface area contributed by atoms with E-state index in [9.17, 15) is 9.59 Å². The Morgan fingerprint density at radius 3 is 2.91 bits per heavy atom. The summed E-state index contributed by atoms with van der Waals surface area (Å²) in [5.74, 6) is 0.670. The molecule has 2 aromatic heterocycles. The van der Waals surface area contributed by atoms with Gasteiger partial charge in [0.1, 0.15) is 10.7 Å². The van der Waals surface area contributed by atoms with Crippen molar-refractivity contribution in [1.29, 1.82) is 0 Å². The van der Waals surface area contributed by atoms with E-state index < -0.39 is 0 Å². The number of fused-ring (bicyclic) bond motifs is 2. The van der Waals surface area contributed by atoms with Crippen molar-refractivity contribution in [2.45, 2.75) is 39.2 Å². The van der Waals surface area contributed by atoms with E-state index in [0.717, 1.165) is 31.5 Å². The smallest absolute Gasteiger partial charge is 0.264 e. The number of hydrogen-bond acceptors (Lipinski definition) is 5. The molecule has 3 heterocycles. The van der Waals surface area contributed by atoms with Gasteiger partial charge in [0, 0.05) is 26.6 Å². The lowest BCUT2D eigenvalue weighted by Crippen LogP contribution is -2.29. The topological polar surface area (TPSA) is 75.4 Å². The highest BCUT2D eigenvalue weighted by atomic mass is 32.1. The SMILES string of the molecule is Cc1c(C(=O)N(C)CCO)sc2nc3n(c(=O)c12)CCCCC3. The van der Waals surface area contributed by atoms with E-state index in [1.165, 1.54) is 16.2 Å². The molecule has 0 saturated carbocycles. The highest BCUT2D eigenvalue weighted by molar-refractivity contribution is 7.20. The van der Waals surface area contributed by atoms with Crippen molar-refractivity contribution in [2.75, 3.05) is 20.2 Å². The van der Waals surface area contributed by atoms with E-state index in [-0.39, 0.29) is 24.6 Å². The number of aromatic nitrogens is 2. The van der Waals surface area contributed by atoms with Crippen LogP contribution in [0.2, 0.25) is 0 Å². The molecule has 1 aliphatic heterocycles. The van der Waals surface area contributed by atoms with Gasteiger partial charge in [0.05, 0.1) is 16.9 Å². The molecule has 124 valence electrons. The number of carbonyl (C=O) groups is 1. The van der Waals surface area contributed by atoms with E-state index >= 15 is 0 Å². The third-order valence-corrected chi connectivity index (χ3v) is 5.56. The van der Waals surface area contributed by atoms with Crippen LogP contribution in [-0.4, -0.2) is 45.7 Å². The van der Waals surface area contributed by atoms with E-state index in [0.29, 0.717) is 27.2 Å². The molecular formula is C16H21N3O3S. The number of carbonyl (C=O) groups excluding carboxylic acids is 1. The van der Waals surface area contributed by atoms with Crippen LogP contribution in [0.3, 0.4) is 0 Å². The average Bonchev–Trinajstić information content (AvgIpc) is 2.71. The van der Waals surface area contributed by atoms with Gasteiger partial charge < -0.3 is 10.0 Å². The minimum Gasteiger partial charge on any atom is -0.395 e. The minimum absolute atomic E-state index is 0.0236. The highest BCUT2D eigenvalue weighted by Crippen LogP contribution is 2.29. The molecule has 1 N–H and O–H groups in total. The Kier molecular flexibility index (Phi) is 4.50. The summed E-state index contributed by atoms with van der Waals surface area (Å²) in [4.78, 5) is 32.7. The zero-order valence-electron chi connectivity index (χ0n) is 13.5. The summed E-state index contributed by atoms with van der Waals surface area (Å²) >= 11 is 1.28. The molecule has 0 aliphatic carbocycles. The Hall–Kier alpha value is -1.73. The van der Waals surface area contributed by atoms with E-state index in [1.54, 1.807) is 11.6 Å². The number of aliphatic hydroxyl groups excluding tert-OH is 1. The lowest BCUT2D eigenvalue weighted by atomic mass is 10.2. The Morgan fingerprint density at radius 1 is 1.39 bits per heavy atom. The van der Waals surface area contributed by atoms with E-state index in [2.05, 4.69) is 4.98 Å². The first-order valence-electron chi connectivity index (χ1n) is 7.93. The van der Waals surface area contributed by atoms with Gasteiger partial charge in [-0.15, -0.1) is 11.3 Å². The van der Waals surface area contributed by atoms with Crippen molar-refractivity contribution in [2.24, 2.45) is 0 Å². The van der Waals surface area contributed by atoms with Crippen molar-refractivity contribution in [3.05, 3.63) is 26.6 Å². The molecule has 23 heavy (non-hydrogen) atoms. The second kappa shape index (κ2) is 6.41. The molecule has 0 bridgehead atoms. The molecule has 0 saturated heterocycles. The summed E-state index contributed by atoms with van der Waals surface area (Å²) in [7, 11) is 1.65. The molecule has 7 heteroatoms. The van der Waals surface area contributed by atoms with Crippen molar-refractivity contribution in [3.8, 4) is 0 Å². The highest BCUT2D eigenvalue weighted by Gasteiger charge is 2.23. The number of thiophene rings is 1. The Bertz CT molecular complexity index is 809. The van der Waals surface area contributed by atoms with E-state index in [4.69, 9.17) is 5.11 Å². The van der Waals surface area contributed by atoms with E-state index in [1.807, 2.05) is 6.92 Å². The molecule has 0 radical (unpaired) electrons. The molecule has 6 nitrogen and oxygen atoms in total. The van der Waals surface area contributed by atoms with Gasteiger partial charge in [0.15, 0.2) is 0 Å². The van der Waals surface area contributed by atoms with Crippen LogP contribution >= 0.6 is 11.3 Å². The molecular weight excluding hydrogens is 314 g/mol. The van der Waals surface area contributed by atoms with Gasteiger partial charge >= 0.3 is 0 Å². The molecule has 0 unspecified atom stereocenters. The van der Waals surface area contributed by atoms with Crippen LogP contribution in [0, 0.1) is 6.92 Å². The number of likely N-dealkylation sites (N-methyl/N-ethyl adjacent to an activating group) is 1. The van der Waals surface area contributed by atoms with Crippen LogP contribution in [0.25, 0.3) is 10.2 Å². The first-order valence-corrected chi connectivity index (χ1v) is 8.75. The average molecular weight is 335 g/mol. The Labute approximate surface area is 138 Å². The number of hydrogen-bond donors (Lipinski definition) is 1. The fraction of sp³-hybridized carbons (Fsp3) is 0.562. The van der Waals surface area contributed by atoms with Crippen LogP contribution in [0.4, 0.5) is 0 Å². The van der Waals surface area contributed by atoms with Crippen molar-refractivity contribution >= 4 is 27.5 Å². The molecule has 3 rings (SSSR count). The molecule has 2 aromatic rings. The second-order valence-electron chi connectivity index (χ2n) is 5.98. The van der Waals surface area contributed by atoms with Gasteiger partial charge in [-0.1, -0.05) is 6.42 Å². The van der Waals surface area contributed by atoms with Gasteiger partial charge in [-0.05, 0) is 25.3 Å². The summed E-state index contributed by atoms with van der Waals surface area (Å²) in [6.45, 7) is 2.71. The fourth-order valence-electron chi connectivity index (χ4n) is 3.04. The van der Waals surface area contributed by atoms with Gasteiger partial charge in [-0.2, -0.15) is 0 Å². The minimum atomic E-state index is -0.167. The maximum absolute atomic E-state index is 12.8. The summed E-state index contributed by atoms with van der Waals surface area (Å²) < 4.78 is 1.78. The zero-order chi connectivity index (χ0) is 16.6. The van der Waals surface area contributed by atoms with Crippen LogP contribution in [0.15, 0.2) is 4.79 Å². The summed E-state index contributed by atoms with van der Waals surface area (Å²) in [6.07, 6.45) is 3.97. The van der Waals surface area contributed by atoms with Gasteiger partial charge in [0.25, 0.3) is 11.5 Å². The molecule has 0 fully saturated rings. The van der Waals surface area contributed by atoms with Crippen molar-refractivity contribution in [3.63, 3.8) is 0 Å². The van der Waals surface area contributed by atoms with Crippen LogP contribution < -0.4 is 5.56 Å². The normalized spacial score (nSPS) is 14.6. The van der Waals surface area contributed by atoms with Crippen LogP contribution in [0.1, 0.15) is 40.3 Å². The number of aryl methyl sites for hydroxylation is 2. The lowest BCUT2D eigenvalue weighted by molar-refractivity contribution is 0.0771. The van der Waals surface area contributed by atoms with Crippen LogP contribution in [-0.2, 0) is 13.0 Å². The van der Waals surface area contributed by atoms with Crippen molar-refractivity contribution < 1.29 is 9.90 Å². The third kappa shape index (κ3) is 2.79. The summed E-state index contributed by atoms with van der Waals surface area (Å²) in [5.41, 5.74) is 0.682. The predicted molar refractivity (Wildman–Crippen MR) is 90.2 cm³/mol. The van der Waals surface area contributed by atoms with Crippen molar-refractivity contribution in [1.82, 2.24) is 14.5 Å².